The van der Waals surface area contributed by atoms with Gasteiger partial charge in [-0.3, -0.25) is 4.79 Å². The molecule has 0 aliphatic heterocycles. The summed E-state index contributed by atoms with van der Waals surface area (Å²) < 4.78 is 4.59. The van der Waals surface area contributed by atoms with Crippen LogP contribution in [0.3, 0.4) is 0 Å². The second-order valence-corrected chi connectivity index (χ2v) is 4.67. The molecule has 0 spiro atoms. The molecule has 5 heteroatoms. The maximum atomic E-state index is 12.2. The Kier molecular flexibility index (Phi) is 4.33. The van der Waals surface area contributed by atoms with Crippen molar-refractivity contribution in [2.24, 2.45) is 0 Å². The van der Waals surface area contributed by atoms with Gasteiger partial charge in [-0.2, -0.15) is 0 Å². The molecule has 21 heavy (non-hydrogen) atoms. The summed E-state index contributed by atoms with van der Waals surface area (Å²) in [6, 6.07) is 10.4. The highest BCUT2D eigenvalue weighted by Crippen LogP contribution is 2.16. The number of ether oxygens (including phenoxy) is 1. The van der Waals surface area contributed by atoms with Crippen LogP contribution in [0, 0.1) is 13.8 Å². The molecule has 0 saturated heterocycles. The van der Waals surface area contributed by atoms with E-state index in [-0.39, 0.29) is 17.3 Å². The lowest BCUT2D eigenvalue weighted by Crippen LogP contribution is -2.16. The van der Waals surface area contributed by atoms with Crippen molar-refractivity contribution in [1.82, 2.24) is 4.98 Å². The van der Waals surface area contributed by atoms with Crippen LogP contribution >= 0.6 is 0 Å². The van der Waals surface area contributed by atoms with Gasteiger partial charge in [0.05, 0.1) is 7.11 Å². The van der Waals surface area contributed by atoms with Gasteiger partial charge in [0.1, 0.15) is 11.4 Å². The van der Waals surface area contributed by atoms with Gasteiger partial charge in [0, 0.05) is 5.69 Å². The minimum atomic E-state index is -0.573. The van der Waals surface area contributed by atoms with Crippen LogP contribution in [0.15, 0.2) is 36.4 Å². The predicted molar refractivity (Wildman–Crippen MR) is 79.4 cm³/mol. The van der Waals surface area contributed by atoms with E-state index in [1.807, 2.05) is 32.0 Å². The summed E-state index contributed by atoms with van der Waals surface area (Å²) in [6.07, 6.45) is 0. The molecule has 2 aromatic rings. The molecular weight excluding hydrogens is 268 g/mol. The maximum absolute atomic E-state index is 12.2. The van der Waals surface area contributed by atoms with Crippen LogP contribution in [0.4, 0.5) is 5.69 Å². The third-order valence-electron chi connectivity index (χ3n) is 3.01. The van der Waals surface area contributed by atoms with Crippen LogP contribution in [-0.2, 0) is 4.74 Å². The summed E-state index contributed by atoms with van der Waals surface area (Å²) in [6.45, 7) is 3.90. The zero-order valence-corrected chi connectivity index (χ0v) is 12.1. The number of rotatable bonds is 3. The zero-order valence-electron chi connectivity index (χ0n) is 12.1. The van der Waals surface area contributed by atoms with E-state index in [0.717, 1.165) is 16.8 Å². The summed E-state index contributed by atoms with van der Waals surface area (Å²) in [7, 11) is 1.27. The fourth-order valence-corrected chi connectivity index (χ4v) is 1.92. The molecule has 0 radical (unpaired) electrons. The van der Waals surface area contributed by atoms with Crippen molar-refractivity contribution in [3.05, 3.63) is 58.9 Å². The minimum absolute atomic E-state index is 0.103. The van der Waals surface area contributed by atoms with Crippen molar-refractivity contribution in [3.8, 4) is 0 Å². The molecule has 1 aromatic carbocycles. The van der Waals surface area contributed by atoms with Crippen LogP contribution in [0.1, 0.15) is 32.1 Å². The predicted octanol–water partition coefficient (Wildman–Crippen LogP) is 2.74. The quantitative estimate of drug-likeness (QED) is 0.880. The first-order valence-corrected chi connectivity index (χ1v) is 6.45. The Morgan fingerprint density at radius 3 is 2.48 bits per heavy atom. The Labute approximate surface area is 123 Å². The third-order valence-corrected chi connectivity index (χ3v) is 3.01. The molecule has 0 atom stereocenters. The number of hydrogen-bond acceptors (Lipinski definition) is 4. The number of hydrogen-bond donors (Lipinski definition) is 1. The number of amides is 1. The number of carbonyl (C=O) groups is 2. The van der Waals surface area contributed by atoms with Crippen molar-refractivity contribution in [2.75, 3.05) is 12.4 Å². The highest BCUT2D eigenvalue weighted by molar-refractivity contribution is 6.03. The Bertz CT molecular complexity index is 696. The monoisotopic (exact) mass is 284 g/mol. The fourth-order valence-electron chi connectivity index (χ4n) is 1.92. The van der Waals surface area contributed by atoms with E-state index in [4.69, 9.17) is 0 Å². The van der Waals surface area contributed by atoms with E-state index in [1.54, 1.807) is 12.1 Å². The molecule has 1 aromatic heterocycles. The average Bonchev–Trinajstić information content (AvgIpc) is 2.49. The number of aromatic nitrogens is 1. The normalized spacial score (nSPS) is 10.0. The number of aryl methyl sites for hydroxylation is 2. The van der Waals surface area contributed by atoms with Gasteiger partial charge in [-0.1, -0.05) is 23.8 Å². The molecule has 108 valence electrons. The van der Waals surface area contributed by atoms with E-state index in [1.165, 1.54) is 13.2 Å². The summed E-state index contributed by atoms with van der Waals surface area (Å²) in [5.74, 6) is -0.941. The lowest BCUT2D eigenvalue weighted by Gasteiger charge is -2.09. The van der Waals surface area contributed by atoms with Gasteiger partial charge in [-0.05, 0) is 37.6 Å². The lowest BCUT2D eigenvalue weighted by molar-refractivity contribution is 0.0594. The van der Waals surface area contributed by atoms with Crippen LogP contribution in [0.5, 0.6) is 0 Å². The Hall–Kier alpha value is -2.69. The number of nitrogens with zero attached hydrogens (tertiary/aromatic N) is 1. The largest absolute Gasteiger partial charge is 0.464 e. The minimum Gasteiger partial charge on any atom is -0.464 e. The first-order valence-electron chi connectivity index (χ1n) is 6.45. The van der Waals surface area contributed by atoms with Crippen molar-refractivity contribution in [1.29, 1.82) is 0 Å². The molecule has 0 aliphatic carbocycles. The van der Waals surface area contributed by atoms with E-state index in [2.05, 4.69) is 15.0 Å². The topological polar surface area (TPSA) is 68.3 Å². The maximum Gasteiger partial charge on any atom is 0.356 e. The zero-order chi connectivity index (χ0) is 15.4. The molecule has 0 aliphatic rings. The van der Waals surface area contributed by atoms with Crippen molar-refractivity contribution >= 4 is 17.6 Å². The second-order valence-electron chi connectivity index (χ2n) is 4.67. The van der Waals surface area contributed by atoms with E-state index < -0.39 is 5.97 Å². The van der Waals surface area contributed by atoms with Crippen LogP contribution in [0.25, 0.3) is 0 Å². The van der Waals surface area contributed by atoms with Gasteiger partial charge in [0.2, 0.25) is 0 Å². The first kappa shape index (κ1) is 14.7. The highest BCUT2D eigenvalue weighted by atomic mass is 16.5. The second kappa shape index (κ2) is 6.17. The van der Waals surface area contributed by atoms with Gasteiger partial charge >= 0.3 is 5.97 Å². The summed E-state index contributed by atoms with van der Waals surface area (Å²) in [5.41, 5.74) is 3.07. The van der Waals surface area contributed by atoms with Crippen molar-refractivity contribution < 1.29 is 14.3 Å². The SMILES string of the molecule is COC(=O)c1cccc(C(=O)Nc2ccc(C)cc2C)n1. The van der Waals surface area contributed by atoms with Crippen molar-refractivity contribution in [3.63, 3.8) is 0 Å². The molecule has 1 heterocycles. The van der Waals surface area contributed by atoms with Gasteiger partial charge < -0.3 is 10.1 Å². The molecule has 0 saturated carbocycles. The first-order chi connectivity index (χ1) is 10.0. The van der Waals surface area contributed by atoms with E-state index in [9.17, 15) is 9.59 Å². The molecule has 2 rings (SSSR count). The number of anilines is 1. The smallest absolute Gasteiger partial charge is 0.356 e. The molecule has 1 amide bonds. The average molecular weight is 284 g/mol. The number of methoxy groups -OCH3 is 1. The van der Waals surface area contributed by atoms with Gasteiger partial charge in [-0.25, -0.2) is 9.78 Å². The number of nitrogens with one attached hydrogen (secondary N) is 1. The Balaban J connectivity index is 2.22. The number of benzene rings is 1. The van der Waals surface area contributed by atoms with Crippen molar-refractivity contribution in [2.45, 2.75) is 13.8 Å². The molecular formula is C16H16N2O3. The number of pyridine rings is 1. The Morgan fingerprint density at radius 1 is 1.10 bits per heavy atom. The highest BCUT2D eigenvalue weighted by Gasteiger charge is 2.13. The van der Waals surface area contributed by atoms with E-state index in [0.29, 0.717) is 0 Å². The molecule has 0 fully saturated rings. The summed E-state index contributed by atoms with van der Waals surface area (Å²) >= 11 is 0. The molecule has 1 N–H and O–H groups in total. The summed E-state index contributed by atoms with van der Waals surface area (Å²) in [5, 5.41) is 2.78. The third kappa shape index (κ3) is 3.45. The fraction of sp³-hybridized carbons (Fsp3) is 0.188. The lowest BCUT2D eigenvalue weighted by atomic mass is 10.1. The van der Waals surface area contributed by atoms with Crippen LogP contribution in [-0.4, -0.2) is 24.0 Å². The van der Waals surface area contributed by atoms with E-state index >= 15 is 0 Å². The molecule has 5 nitrogen and oxygen atoms in total. The molecule has 0 unspecified atom stereocenters. The van der Waals surface area contributed by atoms with Gasteiger partial charge in [-0.15, -0.1) is 0 Å². The number of esters is 1. The van der Waals surface area contributed by atoms with Gasteiger partial charge in [0.25, 0.3) is 5.91 Å². The Morgan fingerprint density at radius 2 is 1.81 bits per heavy atom. The standard InChI is InChI=1S/C16H16N2O3/c1-10-7-8-12(11(2)9-10)18-15(19)13-5-4-6-14(17-13)16(20)21-3/h4-9H,1-3H3,(H,18,19). The summed E-state index contributed by atoms with van der Waals surface area (Å²) in [4.78, 5) is 27.6. The van der Waals surface area contributed by atoms with Crippen LogP contribution in [0.2, 0.25) is 0 Å². The number of carbonyl (C=O) groups excluding carboxylic acids is 2. The molecule has 0 bridgehead atoms. The van der Waals surface area contributed by atoms with Gasteiger partial charge in [0.15, 0.2) is 0 Å². The van der Waals surface area contributed by atoms with Crippen LogP contribution < -0.4 is 5.32 Å².